The highest BCUT2D eigenvalue weighted by Crippen LogP contribution is 2.26. The summed E-state index contributed by atoms with van der Waals surface area (Å²) >= 11 is 1.94. The van der Waals surface area contributed by atoms with Crippen molar-refractivity contribution in [3.05, 3.63) is 0 Å². The Morgan fingerprint density at radius 1 is 1.64 bits per heavy atom. The van der Waals surface area contributed by atoms with Crippen molar-refractivity contribution in [3.63, 3.8) is 0 Å². The van der Waals surface area contributed by atoms with Gasteiger partial charge in [-0.1, -0.05) is 13.3 Å². The number of nitrogens with one attached hydrogen (secondary N) is 1. The van der Waals surface area contributed by atoms with E-state index in [0.29, 0.717) is 12.0 Å². The third-order valence-corrected chi connectivity index (χ3v) is 3.37. The van der Waals surface area contributed by atoms with Crippen molar-refractivity contribution < 1.29 is 4.79 Å². The molecule has 2 unspecified atom stereocenters. The molecule has 1 heterocycles. The summed E-state index contributed by atoms with van der Waals surface area (Å²) in [6.07, 6.45) is 1.18. The van der Waals surface area contributed by atoms with Crippen molar-refractivity contribution in [2.24, 2.45) is 5.92 Å². The van der Waals surface area contributed by atoms with Gasteiger partial charge in [-0.25, -0.2) is 0 Å². The van der Waals surface area contributed by atoms with E-state index in [1.54, 1.807) is 6.92 Å². The molecule has 0 radical (unpaired) electrons. The molecule has 64 valence electrons. The van der Waals surface area contributed by atoms with Gasteiger partial charge in [0, 0.05) is 18.7 Å². The maximum Gasteiger partial charge on any atom is 0.217 e. The topological polar surface area (TPSA) is 29.1 Å². The monoisotopic (exact) mass is 173 g/mol. The first-order valence-corrected chi connectivity index (χ1v) is 5.24. The Bertz CT molecular complexity index is 149. The van der Waals surface area contributed by atoms with Crippen LogP contribution in [0.4, 0.5) is 0 Å². The van der Waals surface area contributed by atoms with Crippen LogP contribution >= 0.6 is 11.8 Å². The van der Waals surface area contributed by atoms with Gasteiger partial charge >= 0.3 is 0 Å². The van der Waals surface area contributed by atoms with Gasteiger partial charge in [0.25, 0.3) is 0 Å². The predicted octanol–water partition coefficient (Wildman–Crippen LogP) is 1.26. The highest BCUT2D eigenvalue weighted by atomic mass is 32.2. The molecule has 0 aromatic carbocycles. The van der Waals surface area contributed by atoms with Crippen LogP contribution in [-0.4, -0.2) is 23.5 Å². The lowest BCUT2D eigenvalue weighted by Gasteiger charge is -2.17. The van der Waals surface area contributed by atoms with E-state index in [2.05, 4.69) is 12.2 Å². The first-order chi connectivity index (χ1) is 5.24. The Morgan fingerprint density at radius 2 is 2.36 bits per heavy atom. The Kier molecular flexibility index (Phi) is 3.24. The van der Waals surface area contributed by atoms with E-state index in [1.165, 1.54) is 12.2 Å². The molecule has 1 rings (SSSR count). The lowest BCUT2D eigenvalue weighted by Crippen LogP contribution is -2.38. The summed E-state index contributed by atoms with van der Waals surface area (Å²) < 4.78 is 0. The van der Waals surface area contributed by atoms with Crippen LogP contribution in [0.3, 0.4) is 0 Å². The summed E-state index contributed by atoms with van der Waals surface area (Å²) in [6, 6.07) is 0.433. The lowest BCUT2D eigenvalue weighted by atomic mass is 10.0. The number of carbonyl (C=O) groups is 1. The zero-order valence-corrected chi connectivity index (χ0v) is 7.91. The Morgan fingerprint density at radius 3 is 2.91 bits per heavy atom. The van der Waals surface area contributed by atoms with Gasteiger partial charge in [0.1, 0.15) is 0 Å². The fourth-order valence-electron chi connectivity index (χ4n) is 1.42. The third kappa shape index (κ3) is 2.40. The number of rotatable bonds is 2. The highest BCUT2D eigenvalue weighted by Gasteiger charge is 2.26. The molecular weight excluding hydrogens is 158 g/mol. The quantitative estimate of drug-likeness (QED) is 0.681. The smallest absolute Gasteiger partial charge is 0.217 e. The van der Waals surface area contributed by atoms with E-state index >= 15 is 0 Å². The van der Waals surface area contributed by atoms with E-state index in [0.717, 1.165) is 5.75 Å². The Labute approximate surface area is 72.1 Å². The number of hydrogen-bond acceptors (Lipinski definition) is 2. The normalized spacial score (nSPS) is 30.4. The molecule has 11 heavy (non-hydrogen) atoms. The molecule has 2 atom stereocenters. The van der Waals surface area contributed by atoms with Gasteiger partial charge < -0.3 is 5.32 Å². The molecule has 1 aliphatic rings. The summed E-state index contributed by atoms with van der Waals surface area (Å²) in [4.78, 5) is 10.7. The number of carbonyl (C=O) groups excluding carboxylic acids is 1. The van der Waals surface area contributed by atoms with Crippen LogP contribution in [0.15, 0.2) is 0 Å². The zero-order chi connectivity index (χ0) is 8.27. The first kappa shape index (κ1) is 8.91. The highest BCUT2D eigenvalue weighted by molar-refractivity contribution is 7.99. The SMILES string of the molecule is CCC1CSCC1NC(C)=O. The van der Waals surface area contributed by atoms with Crippen LogP contribution in [0.25, 0.3) is 0 Å². The fraction of sp³-hybridized carbons (Fsp3) is 0.875. The van der Waals surface area contributed by atoms with Crippen LogP contribution in [0.1, 0.15) is 20.3 Å². The minimum absolute atomic E-state index is 0.107. The van der Waals surface area contributed by atoms with Gasteiger partial charge in [0.05, 0.1) is 0 Å². The van der Waals surface area contributed by atoms with Crippen molar-refractivity contribution in [3.8, 4) is 0 Å². The fourth-order valence-corrected chi connectivity index (χ4v) is 2.94. The molecule has 1 fully saturated rings. The average Bonchev–Trinajstić information content (AvgIpc) is 2.34. The molecule has 1 aliphatic heterocycles. The molecule has 1 saturated heterocycles. The summed E-state index contributed by atoms with van der Waals surface area (Å²) in [6.45, 7) is 3.78. The Hall–Kier alpha value is -0.180. The maximum absolute atomic E-state index is 10.7. The molecule has 0 aromatic heterocycles. The predicted molar refractivity (Wildman–Crippen MR) is 48.7 cm³/mol. The summed E-state index contributed by atoms with van der Waals surface area (Å²) in [5, 5.41) is 2.98. The summed E-state index contributed by atoms with van der Waals surface area (Å²) in [7, 11) is 0. The van der Waals surface area contributed by atoms with E-state index in [-0.39, 0.29) is 5.91 Å². The van der Waals surface area contributed by atoms with Crippen LogP contribution in [0, 0.1) is 5.92 Å². The van der Waals surface area contributed by atoms with Crippen LogP contribution < -0.4 is 5.32 Å². The van der Waals surface area contributed by atoms with Gasteiger partial charge in [-0.2, -0.15) is 11.8 Å². The van der Waals surface area contributed by atoms with Crippen molar-refractivity contribution in [2.75, 3.05) is 11.5 Å². The van der Waals surface area contributed by atoms with E-state index in [9.17, 15) is 4.79 Å². The molecule has 0 saturated carbocycles. The van der Waals surface area contributed by atoms with Crippen LogP contribution in [-0.2, 0) is 4.79 Å². The Balaban J connectivity index is 2.37. The standard InChI is InChI=1S/C8H15NOS/c1-3-7-4-11-5-8(7)9-6(2)10/h7-8H,3-5H2,1-2H3,(H,9,10). The molecular formula is C8H15NOS. The maximum atomic E-state index is 10.7. The second-order valence-electron chi connectivity index (χ2n) is 3.01. The van der Waals surface area contributed by atoms with Crippen molar-refractivity contribution >= 4 is 17.7 Å². The lowest BCUT2D eigenvalue weighted by molar-refractivity contribution is -0.119. The number of amides is 1. The number of thioether (sulfide) groups is 1. The van der Waals surface area contributed by atoms with Gasteiger partial charge in [0.2, 0.25) is 5.91 Å². The summed E-state index contributed by atoms with van der Waals surface area (Å²) in [5.41, 5.74) is 0. The van der Waals surface area contributed by atoms with Crippen LogP contribution in [0.5, 0.6) is 0 Å². The number of hydrogen-bond donors (Lipinski definition) is 1. The molecule has 1 amide bonds. The van der Waals surface area contributed by atoms with Crippen molar-refractivity contribution in [1.29, 1.82) is 0 Å². The molecule has 0 spiro atoms. The van der Waals surface area contributed by atoms with E-state index in [1.807, 2.05) is 11.8 Å². The molecule has 1 N–H and O–H groups in total. The van der Waals surface area contributed by atoms with E-state index in [4.69, 9.17) is 0 Å². The molecule has 0 bridgehead atoms. The molecule has 0 aliphatic carbocycles. The zero-order valence-electron chi connectivity index (χ0n) is 7.09. The van der Waals surface area contributed by atoms with Crippen molar-refractivity contribution in [2.45, 2.75) is 26.3 Å². The third-order valence-electron chi connectivity index (χ3n) is 2.11. The average molecular weight is 173 g/mol. The van der Waals surface area contributed by atoms with Gasteiger partial charge in [-0.3, -0.25) is 4.79 Å². The minimum atomic E-state index is 0.107. The second-order valence-corrected chi connectivity index (χ2v) is 4.09. The van der Waals surface area contributed by atoms with Crippen molar-refractivity contribution in [1.82, 2.24) is 5.32 Å². The summed E-state index contributed by atoms with van der Waals surface area (Å²) in [5.74, 6) is 3.11. The molecule has 3 heteroatoms. The second kappa shape index (κ2) is 4.00. The van der Waals surface area contributed by atoms with Gasteiger partial charge in [0.15, 0.2) is 0 Å². The van der Waals surface area contributed by atoms with E-state index < -0.39 is 0 Å². The van der Waals surface area contributed by atoms with Gasteiger partial charge in [-0.15, -0.1) is 0 Å². The van der Waals surface area contributed by atoms with Gasteiger partial charge in [-0.05, 0) is 11.7 Å². The largest absolute Gasteiger partial charge is 0.352 e. The molecule has 2 nitrogen and oxygen atoms in total. The first-order valence-electron chi connectivity index (χ1n) is 4.09. The van der Waals surface area contributed by atoms with Crippen LogP contribution in [0.2, 0.25) is 0 Å². The molecule has 0 aromatic rings. The minimum Gasteiger partial charge on any atom is -0.352 e.